The van der Waals surface area contributed by atoms with E-state index < -0.39 is 44.7 Å². The van der Waals surface area contributed by atoms with Gasteiger partial charge in [-0.15, -0.1) is 0 Å². The Labute approximate surface area is 131 Å². The highest BCUT2D eigenvalue weighted by Crippen LogP contribution is 2.29. The Morgan fingerprint density at radius 3 is 2.64 bits per heavy atom. The largest absolute Gasteiger partial charge is 0.477 e. The van der Waals surface area contributed by atoms with Gasteiger partial charge in [0.25, 0.3) is 0 Å². The van der Waals surface area contributed by atoms with Gasteiger partial charge in [-0.25, -0.2) is 13.6 Å². The lowest BCUT2D eigenvalue weighted by atomic mass is 10.1. The molecule has 1 unspecified atom stereocenters. The van der Waals surface area contributed by atoms with Crippen molar-refractivity contribution in [1.29, 1.82) is 0 Å². The van der Waals surface area contributed by atoms with Crippen molar-refractivity contribution in [1.82, 2.24) is 4.57 Å². The Balaban J connectivity index is 2.98. The fraction of sp³-hybridized carbons (Fsp3) is 0.286. The maximum Gasteiger partial charge on any atom is 0.341 e. The van der Waals surface area contributed by atoms with Crippen molar-refractivity contribution in [3.8, 4) is 0 Å². The smallest absolute Gasteiger partial charge is 0.341 e. The van der Waals surface area contributed by atoms with E-state index in [1.165, 1.54) is 0 Å². The number of rotatable bonds is 4. The van der Waals surface area contributed by atoms with E-state index in [9.17, 15) is 23.5 Å². The molecule has 0 saturated heterocycles. The second kappa shape index (κ2) is 6.13. The van der Waals surface area contributed by atoms with Gasteiger partial charge in [0, 0.05) is 6.20 Å². The molecule has 8 heteroatoms. The van der Waals surface area contributed by atoms with Crippen LogP contribution in [0.3, 0.4) is 0 Å². The number of aromatic nitrogens is 1. The number of aromatic carboxylic acids is 1. The number of halogens is 3. The molecule has 1 aromatic carbocycles. The summed E-state index contributed by atoms with van der Waals surface area (Å²) in [7, 11) is 0. The quantitative estimate of drug-likeness (QED) is 0.804. The zero-order valence-corrected chi connectivity index (χ0v) is 13.0. The van der Waals surface area contributed by atoms with Crippen LogP contribution >= 0.6 is 15.9 Å². The number of carboxylic acid groups (broad SMARTS) is 1. The van der Waals surface area contributed by atoms with Crippen molar-refractivity contribution >= 4 is 32.8 Å². The predicted octanol–water partition coefficient (Wildman–Crippen LogP) is 3.03. The molecule has 0 aliphatic heterocycles. The molecule has 0 radical (unpaired) electrons. The lowest BCUT2D eigenvalue weighted by Gasteiger charge is -2.19. The van der Waals surface area contributed by atoms with Crippen LogP contribution in [0.5, 0.6) is 0 Å². The van der Waals surface area contributed by atoms with Crippen LogP contribution in [0.1, 0.15) is 36.4 Å². The molecule has 1 aromatic heterocycles. The molecular weight excluding hydrogens is 364 g/mol. The van der Waals surface area contributed by atoms with Crippen LogP contribution in [0.4, 0.5) is 8.78 Å². The van der Waals surface area contributed by atoms with E-state index in [1.54, 1.807) is 6.92 Å². The minimum Gasteiger partial charge on any atom is -0.477 e. The van der Waals surface area contributed by atoms with Crippen LogP contribution in [0.25, 0.3) is 10.9 Å². The van der Waals surface area contributed by atoms with Crippen molar-refractivity contribution in [3.63, 3.8) is 0 Å². The third-order valence-corrected chi connectivity index (χ3v) is 3.98. The molecule has 0 bridgehead atoms. The summed E-state index contributed by atoms with van der Waals surface area (Å²) < 4.78 is 28.4. The van der Waals surface area contributed by atoms with Gasteiger partial charge < -0.3 is 14.8 Å². The first-order valence-electron chi connectivity index (χ1n) is 6.43. The molecule has 0 amide bonds. The Hall–Kier alpha value is -1.80. The summed E-state index contributed by atoms with van der Waals surface area (Å²) in [5.41, 5.74) is -2.01. The Kier molecular flexibility index (Phi) is 4.62. The lowest BCUT2D eigenvalue weighted by molar-refractivity contribution is 0.0690. The van der Waals surface area contributed by atoms with E-state index in [0.29, 0.717) is 6.42 Å². The molecule has 1 atom stereocenters. The van der Waals surface area contributed by atoms with Crippen molar-refractivity contribution in [3.05, 3.63) is 44.2 Å². The Bertz CT molecular complexity index is 819. The normalized spacial score (nSPS) is 12.6. The Morgan fingerprint density at radius 1 is 1.45 bits per heavy atom. The van der Waals surface area contributed by atoms with Crippen LogP contribution in [0, 0.1) is 11.6 Å². The minimum atomic E-state index is -1.53. The molecule has 118 valence electrons. The van der Waals surface area contributed by atoms with E-state index in [2.05, 4.69) is 15.9 Å². The molecule has 2 rings (SSSR count). The number of aliphatic hydroxyl groups excluding tert-OH is 1. The third-order valence-electron chi connectivity index (χ3n) is 3.25. The standard InChI is InChI=1S/C14H12BrF2NO4/c1-2-3-9(19)18-5-7(14(21)22)13(20)6-4-8(16)10(15)11(17)12(6)18/h4-5,9,19H,2-3H2,1H3,(H,21,22). The second-order valence-corrected chi connectivity index (χ2v) is 5.53. The highest BCUT2D eigenvalue weighted by atomic mass is 79.9. The molecule has 5 nitrogen and oxygen atoms in total. The zero-order valence-electron chi connectivity index (χ0n) is 11.4. The van der Waals surface area contributed by atoms with Gasteiger partial charge in [-0.2, -0.15) is 0 Å². The number of pyridine rings is 1. The van der Waals surface area contributed by atoms with E-state index in [4.69, 9.17) is 5.11 Å². The van der Waals surface area contributed by atoms with E-state index in [1.807, 2.05) is 0 Å². The SMILES string of the molecule is CCCC(O)n1cc(C(=O)O)c(=O)c2cc(F)c(Br)c(F)c21. The number of carbonyl (C=O) groups is 1. The van der Waals surface area contributed by atoms with E-state index in [0.717, 1.165) is 16.8 Å². The number of hydrogen-bond donors (Lipinski definition) is 2. The molecule has 0 saturated carbocycles. The van der Waals surface area contributed by atoms with Gasteiger partial charge in [0.1, 0.15) is 17.6 Å². The van der Waals surface area contributed by atoms with Crippen molar-refractivity contribution in [2.75, 3.05) is 0 Å². The predicted molar refractivity (Wildman–Crippen MR) is 78.9 cm³/mol. The van der Waals surface area contributed by atoms with Crippen LogP contribution in [0.15, 0.2) is 21.5 Å². The van der Waals surface area contributed by atoms with Crippen LogP contribution < -0.4 is 5.43 Å². The number of hydrogen-bond acceptors (Lipinski definition) is 3. The molecule has 0 spiro atoms. The molecule has 2 N–H and O–H groups in total. The summed E-state index contributed by atoms with van der Waals surface area (Å²) in [4.78, 5) is 23.2. The summed E-state index contributed by atoms with van der Waals surface area (Å²) in [6, 6.07) is 0.756. The summed E-state index contributed by atoms with van der Waals surface area (Å²) in [5.74, 6) is -3.63. The highest BCUT2D eigenvalue weighted by Gasteiger charge is 2.23. The monoisotopic (exact) mass is 375 g/mol. The number of nitrogens with zero attached hydrogens (tertiary/aromatic N) is 1. The van der Waals surface area contributed by atoms with Crippen LogP contribution in [-0.2, 0) is 0 Å². The number of fused-ring (bicyclic) bond motifs is 1. The van der Waals surface area contributed by atoms with Gasteiger partial charge in [0.15, 0.2) is 5.82 Å². The second-order valence-electron chi connectivity index (χ2n) is 4.74. The average Bonchev–Trinajstić information content (AvgIpc) is 2.45. The highest BCUT2D eigenvalue weighted by molar-refractivity contribution is 9.10. The van der Waals surface area contributed by atoms with Gasteiger partial charge in [-0.1, -0.05) is 13.3 Å². The number of aliphatic hydroxyl groups is 1. The van der Waals surface area contributed by atoms with Crippen molar-refractivity contribution in [2.24, 2.45) is 0 Å². The number of carboxylic acids is 1. The Morgan fingerprint density at radius 2 is 2.09 bits per heavy atom. The van der Waals surface area contributed by atoms with Gasteiger partial charge in [-0.3, -0.25) is 4.79 Å². The van der Waals surface area contributed by atoms with Gasteiger partial charge >= 0.3 is 5.97 Å². The maximum atomic E-state index is 14.3. The lowest BCUT2D eigenvalue weighted by Crippen LogP contribution is -2.22. The van der Waals surface area contributed by atoms with E-state index >= 15 is 0 Å². The molecular formula is C14H12BrF2NO4. The average molecular weight is 376 g/mol. The van der Waals surface area contributed by atoms with Crippen molar-refractivity contribution < 1.29 is 23.8 Å². The molecule has 1 heterocycles. The molecule has 0 fully saturated rings. The molecule has 22 heavy (non-hydrogen) atoms. The first kappa shape index (κ1) is 16.6. The van der Waals surface area contributed by atoms with Crippen LogP contribution in [-0.4, -0.2) is 20.7 Å². The van der Waals surface area contributed by atoms with Crippen molar-refractivity contribution in [2.45, 2.75) is 26.0 Å². The van der Waals surface area contributed by atoms with Gasteiger partial charge in [0.05, 0.1) is 15.4 Å². The summed E-state index contributed by atoms with van der Waals surface area (Å²) in [5, 5.41) is 18.7. The summed E-state index contributed by atoms with van der Waals surface area (Å²) in [6.45, 7) is 1.78. The maximum absolute atomic E-state index is 14.3. The van der Waals surface area contributed by atoms with Gasteiger partial charge in [-0.05, 0) is 28.4 Å². The third kappa shape index (κ3) is 2.64. The molecule has 2 aromatic rings. The molecule has 0 aliphatic carbocycles. The first-order valence-corrected chi connectivity index (χ1v) is 7.22. The topological polar surface area (TPSA) is 79.5 Å². The van der Waals surface area contributed by atoms with Crippen LogP contribution in [0.2, 0.25) is 0 Å². The fourth-order valence-electron chi connectivity index (χ4n) is 2.20. The zero-order chi connectivity index (χ0) is 16.6. The van der Waals surface area contributed by atoms with Gasteiger partial charge in [0.2, 0.25) is 5.43 Å². The van der Waals surface area contributed by atoms with E-state index in [-0.39, 0.29) is 11.9 Å². The first-order chi connectivity index (χ1) is 10.3. The fourth-order valence-corrected chi connectivity index (χ4v) is 2.51. The molecule has 0 aliphatic rings. The summed E-state index contributed by atoms with van der Waals surface area (Å²) in [6.07, 6.45) is 0.394. The summed E-state index contributed by atoms with van der Waals surface area (Å²) >= 11 is 2.73. The number of benzene rings is 1. The minimum absolute atomic E-state index is 0.214.